The van der Waals surface area contributed by atoms with Gasteiger partial charge in [-0.15, -0.1) is 0 Å². The van der Waals surface area contributed by atoms with Gasteiger partial charge in [0.15, 0.2) is 0 Å². The standard InChI is InChI=1S/C29H36FN3O/c1-32-17-6-10-23(19-32)28-26(21-8-2-3-9-21)31-29(34-28)33-18-16-20-7-4-5-11-25(20)27(33)22-12-14-24(30)15-13-22/h4-5,7,11-15,21,23,26-28H,2-3,6,8-10,16-19H2,1H3/t23-,26?,27+,28?/m1/s1. The fourth-order valence-electron chi connectivity index (χ4n) is 6.86. The van der Waals surface area contributed by atoms with Gasteiger partial charge in [0.25, 0.3) is 6.02 Å². The Labute approximate surface area is 202 Å². The molecule has 4 nitrogen and oxygen atoms in total. The highest BCUT2D eigenvalue weighted by Gasteiger charge is 2.45. The summed E-state index contributed by atoms with van der Waals surface area (Å²) < 4.78 is 20.7. The maximum atomic E-state index is 13.8. The van der Waals surface area contributed by atoms with Gasteiger partial charge in [-0.1, -0.05) is 49.2 Å². The van der Waals surface area contributed by atoms with E-state index in [9.17, 15) is 4.39 Å². The predicted molar refractivity (Wildman–Crippen MR) is 133 cm³/mol. The second-order valence-electron chi connectivity index (χ2n) is 10.8. The maximum absolute atomic E-state index is 13.8. The van der Waals surface area contributed by atoms with E-state index >= 15 is 0 Å². The molecule has 0 amide bonds. The maximum Gasteiger partial charge on any atom is 0.288 e. The Bertz CT molecular complexity index is 1030. The molecule has 0 bridgehead atoms. The Balaban J connectivity index is 1.35. The second-order valence-corrected chi connectivity index (χ2v) is 10.8. The average molecular weight is 462 g/mol. The largest absolute Gasteiger partial charge is 0.459 e. The van der Waals surface area contributed by atoms with E-state index in [1.54, 1.807) is 12.1 Å². The molecule has 0 spiro atoms. The van der Waals surface area contributed by atoms with Crippen molar-refractivity contribution in [3.05, 3.63) is 71.0 Å². The second kappa shape index (κ2) is 9.33. The number of fused-ring (bicyclic) bond motifs is 1. The number of hydrogen-bond acceptors (Lipinski definition) is 4. The minimum absolute atomic E-state index is 0.00121. The summed E-state index contributed by atoms with van der Waals surface area (Å²) >= 11 is 0. The number of likely N-dealkylation sites (tertiary alicyclic amines) is 1. The van der Waals surface area contributed by atoms with Crippen LogP contribution in [0.15, 0.2) is 53.5 Å². The molecule has 2 aromatic rings. The van der Waals surface area contributed by atoms with Crippen molar-refractivity contribution in [3.8, 4) is 0 Å². The van der Waals surface area contributed by atoms with Gasteiger partial charge in [-0.2, -0.15) is 0 Å². The third-order valence-electron chi connectivity index (χ3n) is 8.56. The summed E-state index contributed by atoms with van der Waals surface area (Å²) in [6, 6.07) is 16.7. The zero-order chi connectivity index (χ0) is 23.1. The molecule has 2 fully saturated rings. The van der Waals surface area contributed by atoms with Gasteiger partial charge in [-0.3, -0.25) is 0 Å². The van der Waals surface area contributed by atoms with E-state index in [2.05, 4.69) is 41.1 Å². The minimum atomic E-state index is -0.198. The Morgan fingerprint density at radius 3 is 2.47 bits per heavy atom. The van der Waals surface area contributed by atoms with E-state index in [0.29, 0.717) is 11.8 Å². The summed E-state index contributed by atoms with van der Waals surface area (Å²) in [6.45, 7) is 3.15. The van der Waals surface area contributed by atoms with Crippen LogP contribution in [-0.2, 0) is 11.2 Å². The lowest BCUT2D eigenvalue weighted by Crippen LogP contribution is -2.45. The quantitative estimate of drug-likeness (QED) is 0.610. The van der Waals surface area contributed by atoms with Gasteiger partial charge in [-0.05, 0) is 80.4 Å². The number of halogens is 1. The van der Waals surface area contributed by atoms with Crippen LogP contribution in [-0.4, -0.2) is 54.6 Å². The third kappa shape index (κ3) is 4.13. The number of aliphatic imine (C=N–C) groups is 1. The molecule has 0 aromatic heterocycles. The number of rotatable bonds is 3. The number of amidine groups is 1. The van der Waals surface area contributed by atoms with E-state index in [-0.39, 0.29) is 24.0 Å². The van der Waals surface area contributed by atoms with Crippen molar-refractivity contribution in [1.82, 2.24) is 9.80 Å². The summed E-state index contributed by atoms with van der Waals surface area (Å²) in [4.78, 5) is 10.2. The molecule has 3 aliphatic heterocycles. The highest BCUT2D eigenvalue weighted by Crippen LogP contribution is 2.42. The summed E-state index contributed by atoms with van der Waals surface area (Å²) in [6.07, 6.45) is 8.79. The van der Waals surface area contributed by atoms with E-state index in [1.807, 2.05) is 12.1 Å². The molecule has 34 heavy (non-hydrogen) atoms. The van der Waals surface area contributed by atoms with E-state index in [4.69, 9.17) is 9.73 Å². The van der Waals surface area contributed by atoms with Gasteiger partial charge in [0.05, 0.1) is 12.1 Å². The predicted octanol–water partition coefficient (Wildman–Crippen LogP) is 5.43. The SMILES string of the molecule is CN1CCC[C@@H](C2OC(N3CCc4ccccc4[C@@H]3c3ccc(F)cc3)=NC2C2CCCC2)C1. The Morgan fingerprint density at radius 1 is 0.912 bits per heavy atom. The first-order valence-electron chi connectivity index (χ1n) is 13.2. The van der Waals surface area contributed by atoms with Crippen LogP contribution in [0.25, 0.3) is 0 Å². The Kier molecular flexibility index (Phi) is 6.06. The molecular formula is C29H36FN3O. The lowest BCUT2D eigenvalue weighted by molar-refractivity contribution is 0.0450. The summed E-state index contributed by atoms with van der Waals surface area (Å²) in [7, 11) is 2.24. The molecule has 5 heteroatoms. The first kappa shape index (κ1) is 22.1. The van der Waals surface area contributed by atoms with Crippen LogP contribution in [0, 0.1) is 17.7 Å². The van der Waals surface area contributed by atoms with Gasteiger partial charge in [0.2, 0.25) is 0 Å². The Morgan fingerprint density at radius 2 is 1.68 bits per heavy atom. The van der Waals surface area contributed by atoms with Crippen molar-refractivity contribution in [2.75, 3.05) is 26.7 Å². The lowest BCUT2D eigenvalue weighted by Gasteiger charge is -2.39. The summed E-state index contributed by atoms with van der Waals surface area (Å²) in [5, 5.41) is 0. The van der Waals surface area contributed by atoms with Crippen LogP contribution in [0.1, 0.15) is 61.3 Å². The van der Waals surface area contributed by atoms with Crippen molar-refractivity contribution in [3.63, 3.8) is 0 Å². The van der Waals surface area contributed by atoms with E-state index in [1.165, 1.54) is 56.2 Å². The van der Waals surface area contributed by atoms with Gasteiger partial charge in [0.1, 0.15) is 11.9 Å². The molecule has 6 rings (SSSR count). The lowest BCUT2D eigenvalue weighted by atomic mass is 9.83. The highest BCUT2D eigenvalue weighted by atomic mass is 19.1. The molecule has 1 aliphatic carbocycles. The van der Waals surface area contributed by atoms with Crippen LogP contribution < -0.4 is 0 Å². The zero-order valence-corrected chi connectivity index (χ0v) is 20.2. The molecule has 2 aromatic carbocycles. The smallest absolute Gasteiger partial charge is 0.288 e. The van der Waals surface area contributed by atoms with E-state index in [0.717, 1.165) is 31.1 Å². The van der Waals surface area contributed by atoms with Gasteiger partial charge < -0.3 is 14.5 Å². The Hall–Kier alpha value is -2.40. The van der Waals surface area contributed by atoms with Crippen molar-refractivity contribution in [1.29, 1.82) is 0 Å². The molecule has 4 atom stereocenters. The number of hydrogen-bond donors (Lipinski definition) is 0. The number of piperidine rings is 1. The summed E-state index contributed by atoms with van der Waals surface area (Å²) in [5.74, 6) is 0.972. The van der Waals surface area contributed by atoms with Gasteiger partial charge in [-0.25, -0.2) is 9.38 Å². The molecule has 180 valence electrons. The molecule has 0 N–H and O–H groups in total. The molecular weight excluding hydrogens is 425 g/mol. The van der Waals surface area contributed by atoms with Crippen LogP contribution >= 0.6 is 0 Å². The molecule has 0 radical (unpaired) electrons. The molecule has 2 unspecified atom stereocenters. The van der Waals surface area contributed by atoms with Crippen LogP contribution in [0.4, 0.5) is 4.39 Å². The summed E-state index contributed by atoms with van der Waals surface area (Å²) in [5.41, 5.74) is 3.74. The minimum Gasteiger partial charge on any atom is -0.459 e. The molecule has 4 aliphatic rings. The van der Waals surface area contributed by atoms with Crippen LogP contribution in [0.3, 0.4) is 0 Å². The fourth-order valence-corrected chi connectivity index (χ4v) is 6.86. The van der Waals surface area contributed by atoms with E-state index < -0.39 is 0 Å². The zero-order valence-electron chi connectivity index (χ0n) is 20.2. The van der Waals surface area contributed by atoms with Crippen LogP contribution in [0.5, 0.6) is 0 Å². The van der Waals surface area contributed by atoms with Gasteiger partial charge >= 0.3 is 0 Å². The van der Waals surface area contributed by atoms with Crippen molar-refractivity contribution in [2.24, 2.45) is 16.8 Å². The molecule has 1 saturated carbocycles. The third-order valence-corrected chi connectivity index (χ3v) is 8.56. The topological polar surface area (TPSA) is 28.1 Å². The first-order chi connectivity index (χ1) is 16.7. The van der Waals surface area contributed by atoms with Crippen LogP contribution in [0.2, 0.25) is 0 Å². The van der Waals surface area contributed by atoms with Crippen molar-refractivity contribution < 1.29 is 9.13 Å². The highest BCUT2D eigenvalue weighted by molar-refractivity contribution is 5.78. The fraction of sp³-hybridized carbons (Fsp3) is 0.552. The number of nitrogens with zero attached hydrogens (tertiary/aromatic N) is 3. The molecule has 1 saturated heterocycles. The van der Waals surface area contributed by atoms with Gasteiger partial charge in [0, 0.05) is 19.0 Å². The number of benzene rings is 2. The number of ether oxygens (including phenoxy) is 1. The first-order valence-corrected chi connectivity index (χ1v) is 13.2. The molecule has 3 heterocycles. The normalized spacial score (nSPS) is 30.2. The van der Waals surface area contributed by atoms with Crippen molar-refractivity contribution >= 4 is 6.02 Å². The van der Waals surface area contributed by atoms with Crippen molar-refractivity contribution in [2.45, 2.75) is 63.1 Å². The monoisotopic (exact) mass is 461 g/mol. The average Bonchev–Trinajstić information content (AvgIpc) is 3.54.